The second kappa shape index (κ2) is 15.9. The molecule has 1 aromatic rings. The van der Waals surface area contributed by atoms with Gasteiger partial charge in [0.05, 0.1) is 61.0 Å². The summed E-state index contributed by atoms with van der Waals surface area (Å²) in [4.78, 5) is 51.7. The van der Waals surface area contributed by atoms with Gasteiger partial charge in [0.1, 0.15) is 6.17 Å². The number of aryl methyl sites for hydroxylation is 1. The summed E-state index contributed by atoms with van der Waals surface area (Å²) in [5.41, 5.74) is 0.158. The summed E-state index contributed by atoms with van der Waals surface area (Å²) < 4.78 is 32.7. The van der Waals surface area contributed by atoms with Crippen molar-refractivity contribution >= 4 is 17.6 Å². The number of halogens is 1. The normalized spacial score (nSPS) is 39.0. The van der Waals surface area contributed by atoms with Gasteiger partial charge in [-0.1, -0.05) is 12.8 Å². The number of ether oxygens (including phenoxy) is 2. The number of nitrogens with one attached hydrogen (secondary N) is 3. The molecule has 11 unspecified atom stereocenters. The minimum Gasteiger partial charge on any atom is -0.374 e. The molecule has 4 saturated heterocycles. The number of Topliss-reactive ketones (excluding diaryl/α,β-unsaturated/α-hetero) is 1. The molecule has 296 valence electrons. The van der Waals surface area contributed by atoms with Crippen LogP contribution in [0.25, 0.3) is 0 Å². The number of hydrogen-bond acceptors (Lipinski definition) is 10. The molecule has 9 rings (SSSR count). The fourth-order valence-electron chi connectivity index (χ4n) is 11.7. The van der Waals surface area contributed by atoms with Gasteiger partial charge in [-0.3, -0.25) is 19.3 Å². The minimum atomic E-state index is -1.29. The number of alkyl halides is 1. The number of nitrogens with zero attached hydrogens (tertiary/aromatic N) is 5. The minimum absolute atomic E-state index is 0.0365. The van der Waals surface area contributed by atoms with Gasteiger partial charge in [-0.25, -0.2) is 9.37 Å². The first-order valence-corrected chi connectivity index (χ1v) is 21.1. The number of aromatic nitrogens is 2. The molecule has 0 radical (unpaired) electrons. The number of carbonyl (C=O) groups excluding carboxylic acids is 3. The highest BCUT2D eigenvalue weighted by atomic mass is 19.1. The van der Waals surface area contributed by atoms with E-state index in [2.05, 4.69) is 35.6 Å². The van der Waals surface area contributed by atoms with E-state index in [0.717, 1.165) is 64.8 Å². The van der Waals surface area contributed by atoms with Crippen LogP contribution < -0.4 is 16.0 Å². The summed E-state index contributed by atoms with van der Waals surface area (Å²) >= 11 is 0. The predicted octanol–water partition coefficient (Wildman–Crippen LogP) is 1.63. The van der Waals surface area contributed by atoms with Crippen molar-refractivity contribution in [1.82, 2.24) is 40.2 Å². The molecule has 0 spiro atoms. The van der Waals surface area contributed by atoms with Crippen LogP contribution in [-0.2, 0) is 30.4 Å². The molecule has 54 heavy (non-hydrogen) atoms. The molecule has 0 bridgehead atoms. The van der Waals surface area contributed by atoms with E-state index in [4.69, 9.17) is 9.47 Å². The van der Waals surface area contributed by atoms with Crippen molar-refractivity contribution in [1.29, 1.82) is 0 Å². The van der Waals surface area contributed by atoms with E-state index in [-0.39, 0.29) is 66.5 Å². The number of imidazole rings is 1. The number of fused-ring (bicyclic) bond motifs is 5. The molecule has 1 aromatic heterocycles. The first-order valence-electron chi connectivity index (χ1n) is 21.1. The van der Waals surface area contributed by atoms with Gasteiger partial charge in [0.15, 0.2) is 5.78 Å². The molecular formula is C40H59FN8O5. The number of amides is 2. The molecule has 12 atom stereocenters. The van der Waals surface area contributed by atoms with Crippen molar-refractivity contribution in [2.24, 2.45) is 17.8 Å². The van der Waals surface area contributed by atoms with Crippen LogP contribution in [0.5, 0.6) is 0 Å². The van der Waals surface area contributed by atoms with Gasteiger partial charge >= 0.3 is 0 Å². The van der Waals surface area contributed by atoms with Gasteiger partial charge in [-0.05, 0) is 89.3 Å². The zero-order chi connectivity index (χ0) is 36.8. The van der Waals surface area contributed by atoms with Crippen LogP contribution in [0.2, 0.25) is 0 Å². The van der Waals surface area contributed by atoms with Gasteiger partial charge in [0, 0.05) is 63.3 Å². The smallest absolute Gasteiger partial charge is 0.256 e. The molecule has 2 amide bonds. The Kier molecular flexibility index (Phi) is 10.8. The van der Waals surface area contributed by atoms with Crippen LogP contribution in [0.3, 0.4) is 0 Å². The Hall–Kier alpha value is -2.91. The summed E-state index contributed by atoms with van der Waals surface area (Å²) in [5, 5.41) is 9.45. The average Bonchev–Trinajstić information content (AvgIpc) is 4.00. The Balaban J connectivity index is 0.896. The Morgan fingerprint density at radius 3 is 2.63 bits per heavy atom. The van der Waals surface area contributed by atoms with E-state index in [1.165, 1.54) is 32.1 Å². The Labute approximate surface area is 318 Å². The van der Waals surface area contributed by atoms with Gasteiger partial charge in [0.2, 0.25) is 5.91 Å². The topological polar surface area (TPSA) is 133 Å². The second-order valence-electron chi connectivity index (χ2n) is 17.4. The second-order valence-corrected chi connectivity index (χ2v) is 17.4. The van der Waals surface area contributed by atoms with Crippen molar-refractivity contribution in [2.45, 2.75) is 132 Å². The molecular weight excluding hydrogens is 691 g/mol. The molecule has 6 heterocycles. The highest BCUT2D eigenvalue weighted by Gasteiger charge is 2.62. The molecule has 3 N–H and O–H groups in total. The van der Waals surface area contributed by atoms with E-state index < -0.39 is 24.2 Å². The maximum absolute atomic E-state index is 16.8. The molecule has 7 fully saturated rings. The first kappa shape index (κ1) is 36.7. The predicted molar refractivity (Wildman–Crippen MR) is 198 cm³/mol. The monoisotopic (exact) mass is 750 g/mol. The summed E-state index contributed by atoms with van der Waals surface area (Å²) in [5.74, 6) is -0.365. The third-order valence-corrected chi connectivity index (χ3v) is 14.2. The largest absolute Gasteiger partial charge is 0.374 e. The summed E-state index contributed by atoms with van der Waals surface area (Å²) in [6, 6.07) is -1.00. The quantitative estimate of drug-likeness (QED) is 0.214. The first-order chi connectivity index (χ1) is 26.4. The van der Waals surface area contributed by atoms with E-state index in [9.17, 15) is 14.4 Å². The van der Waals surface area contributed by atoms with Crippen LogP contribution >= 0.6 is 0 Å². The molecule has 5 aliphatic heterocycles. The highest BCUT2D eigenvalue weighted by molar-refractivity contribution is 6.20. The molecule has 3 aliphatic carbocycles. The van der Waals surface area contributed by atoms with Crippen molar-refractivity contribution in [2.75, 3.05) is 52.4 Å². The van der Waals surface area contributed by atoms with Crippen LogP contribution in [0, 0.1) is 17.8 Å². The maximum atomic E-state index is 16.8. The lowest BCUT2D eigenvalue weighted by molar-refractivity contribution is -0.220. The number of rotatable bonds is 12. The summed E-state index contributed by atoms with van der Waals surface area (Å²) in [6.45, 7) is 6.32. The lowest BCUT2D eigenvalue weighted by atomic mass is 9.67. The fourth-order valence-corrected chi connectivity index (χ4v) is 11.7. The van der Waals surface area contributed by atoms with Crippen molar-refractivity contribution < 1.29 is 28.2 Å². The maximum Gasteiger partial charge on any atom is 0.256 e. The molecule has 0 aromatic carbocycles. The van der Waals surface area contributed by atoms with Gasteiger partial charge in [-0.2, -0.15) is 0 Å². The fraction of sp³-hybridized carbons (Fsp3) is 0.800. The Morgan fingerprint density at radius 2 is 1.78 bits per heavy atom. The standard InChI is InChI=1S/C40H59FN8O5/c41-30-18-28-36-39(37(30)48-15-8-25(22-48)45-35(50)21-42-9-5-14-47-16-10-43-24-47)54-34-19-27-26-6-1-2-7-32(26)53-33(27)20-31(34)49(36)23-29(38(28)51)40(52)44-11-17-46-12-3-4-13-46/h10,16,23-28,30-34,36-37,39,42H,1-9,11-15,17-22H2,(H,44,52)(H,45,50)/t25-,26?,27?,28?,30?,31?,32?,33?,34?,36?,37?,39?/m1/s1. The number of carbonyl (C=O) groups is 3. The van der Waals surface area contributed by atoms with Crippen LogP contribution in [0.1, 0.15) is 70.6 Å². The SMILES string of the molecule is O=C(CNCCCn1ccnc1)N[C@@H]1CCN(C2C(F)CC3C(=O)C(C(=O)NCCN4CCCC4)=CN4C5CC6OC7CCCCC7C6CC5OC2C34)C1. The van der Waals surface area contributed by atoms with Gasteiger partial charge in [-0.15, -0.1) is 0 Å². The van der Waals surface area contributed by atoms with E-state index >= 15 is 4.39 Å². The van der Waals surface area contributed by atoms with Gasteiger partial charge < -0.3 is 39.8 Å². The van der Waals surface area contributed by atoms with Crippen LogP contribution in [-0.4, -0.2) is 149 Å². The number of morpholine rings is 1. The lowest BCUT2D eigenvalue weighted by Crippen LogP contribution is -2.73. The number of hydrogen-bond donors (Lipinski definition) is 3. The third kappa shape index (κ3) is 7.26. The summed E-state index contributed by atoms with van der Waals surface area (Å²) in [6.07, 6.45) is 16.3. The Bertz CT molecular complexity index is 1540. The van der Waals surface area contributed by atoms with Crippen LogP contribution in [0.15, 0.2) is 30.5 Å². The number of ketones is 1. The van der Waals surface area contributed by atoms with E-state index in [0.29, 0.717) is 37.6 Å². The van der Waals surface area contributed by atoms with E-state index in [1.54, 1.807) is 12.5 Å². The Morgan fingerprint density at radius 1 is 0.907 bits per heavy atom. The highest BCUT2D eigenvalue weighted by Crippen LogP contribution is 2.53. The van der Waals surface area contributed by atoms with Gasteiger partial charge in [0.25, 0.3) is 5.91 Å². The van der Waals surface area contributed by atoms with Crippen molar-refractivity contribution in [3.8, 4) is 0 Å². The zero-order valence-electron chi connectivity index (χ0n) is 31.5. The molecule has 14 heteroatoms. The average molecular weight is 751 g/mol. The summed E-state index contributed by atoms with van der Waals surface area (Å²) in [7, 11) is 0. The van der Waals surface area contributed by atoms with Crippen molar-refractivity contribution in [3.63, 3.8) is 0 Å². The lowest BCUT2D eigenvalue weighted by Gasteiger charge is -2.61. The molecule has 3 saturated carbocycles. The number of likely N-dealkylation sites (tertiary alicyclic amines) is 2. The molecule has 8 aliphatic rings. The zero-order valence-corrected chi connectivity index (χ0v) is 31.5. The van der Waals surface area contributed by atoms with E-state index in [1.807, 2.05) is 17.0 Å². The van der Waals surface area contributed by atoms with Crippen LogP contribution in [0.4, 0.5) is 4.39 Å². The third-order valence-electron chi connectivity index (χ3n) is 14.2. The van der Waals surface area contributed by atoms with Crippen molar-refractivity contribution in [3.05, 3.63) is 30.5 Å². The molecule has 13 nitrogen and oxygen atoms in total.